The second kappa shape index (κ2) is 9.46. The summed E-state index contributed by atoms with van der Waals surface area (Å²) in [5.74, 6) is 0. The summed E-state index contributed by atoms with van der Waals surface area (Å²) in [5.41, 5.74) is 0. The van der Waals surface area contributed by atoms with E-state index in [0.717, 1.165) is 0 Å². The van der Waals surface area contributed by atoms with Gasteiger partial charge < -0.3 is 24.4 Å². The van der Waals surface area contributed by atoms with Crippen molar-refractivity contribution < 1.29 is 52.3 Å². The van der Waals surface area contributed by atoms with Gasteiger partial charge in [0.2, 0.25) is 0 Å². The fourth-order valence-corrected chi connectivity index (χ4v) is 0.0577. The number of rotatable bonds is 2. The maximum Gasteiger partial charge on any atom is 2.00 e. The average Bonchev–Trinajstić information content (AvgIpc) is 1.83. The summed E-state index contributed by atoms with van der Waals surface area (Å²) in [6.07, 6.45) is -0.954. The predicted molar refractivity (Wildman–Crippen MR) is 30.7 cm³/mol. The molecule has 0 saturated heterocycles. The Balaban J connectivity index is -0.000000126. The fraction of sp³-hybridized carbons (Fsp3) is 1.00. The number of aliphatic hydroxyl groups excluding tert-OH is 3. The van der Waals surface area contributed by atoms with E-state index < -0.39 is 16.5 Å². The first kappa shape index (κ1) is 18.2. The van der Waals surface area contributed by atoms with Crippen molar-refractivity contribution in [1.29, 1.82) is 0 Å². The van der Waals surface area contributed by atoms with E-state index in [1.807, 2.05) is 0 Å². The number of aliphatic hydroxyl groups is 3. The molecule has 0 atom stereocenters. The Bertz CT molecular complexity index is 153. The molecule has 0 spiro atoms. The molecule has 0 fully saturated rings. The van der Waals surface area contributed by atoms with Crippen LogP contribution >= 0.6 is 0 Å². The Kier molecular flexibility index (Phi) is 14.4. The number of hydrogen-bond acceptors (Lipinski definition) is 7. The minimum absolute atomic E-state index is 0. The smallest absolute Gasteiger partial charge is 0.759 e. The first-order valence-corrected chi connectivity index (χ1v) is 3.71. The fourth-order valence-electron chi connectivity index (χ4n) is 0.0577. The van der Waals surface area contributed by atoms with Crippen LogP contribution in [0.1, 0.15) is 0 Å². The summed E-state index contributed by atoms with van der Waals surface area (Å²) in [6, 6.07) is 0. The van der Waals surface area contributed by atoms with E-state index in [-0.39, 0.29) is 32.7 Å². The van der Waals surface area contributed by atoms with Gasteiger partial charge in [-0.25, -0.2) is 0 Å². The van der Waals surface area contributed by atoms with Gasteiger partial charge in [-0.05, 0) is 0 Å². The van der Waals surface area contributed by atoms with E-state index in [4.69, 9.17) is 32.8 Å². The maximum absolute atomic E-state index is 8.52. The minimum atomic E-state index is -5.17. The van der Waals surface area contributed by atoms with Gasteiger partial charge in [0.05, 0.1) is 13.2 Å². The third kappa shape index (κ3) is 47.7. The van der Waals surface area contributed by atoms with E-state index in [9.17, 15) is 0 Å². The predicted octanol–water partition coefficient (Wildman–Crippen LogP) is -3.01. The third-order valence-electron chi connectivity index (χ3n) is 0.421. The van der Waals surface area contributed by atoms with Crippen LogP contribution in [0, 0.1) is 0 Å². The van der Waals surface area contributed by atoms with Gasteiger partial charge in [0.15, 0.2) is 0 Å². The van der Waals surface area contributed by atoms with Crippen LogP contribution in [0.15, 0.2) is 0 Å². The van der Waals surface area contributed by atoms with Crippen molar-refractivity contribution in [2.24, 2.45) is 0 Å². The van der Waals surface area contributed by atoms with Crippen molar-refractivity contribution in [1.82, 2.24) is 0 Å². The van der Waals surface area contributed by atoms with Gasteiger partial charge in [-0.1, -0.05) is 0 Å². The molecule has 0 saturated carbocycles. The molecule has 0 heterocycles. The van der Waals surface area contributed by atoms with Crippen LogP contribution in [0.3, 0.4) is 0 Å². The summed E-state index contributed by atoms with van der Waals surface area (Å²) in [6.45, 7) is -0.729. The summed E-state index contributed by atoms with van der Waals surface area (Å²) in [7, 11) is -5.17. The summed E-state index contributed by atoms with van der Waals surface area (Å²) < 4.78 is 34.1. The van der Waals surface area contributed by atoms with E-state index in [1.54, 1.807) is 0 Å². The molecule has 0 amide bonds. The van der Waals surface area contributed by atoms with Gasteiger partial charge in [-0.15, -0.1) is 0 Å². The topological polar surface area (TPSA) is 141 Å². The molecular weight excluding hydrogens is 245 g/mol. The Morgan fingerprint density at radius 2 is 1.33 bits per heavy atom. The standard InChI is InChI=1S/C3H8O3.H2O4S.Zn/c4-1-3(6)2-5;1-5(2,3)4;/h3-6H,1-2H2;(H2,1,2,3,4);/q;;+2/p-2. The Morgan fingerprint density at radius 1 is 1.17 bits per heavy atom. The quantitative estimate of drug-likeness (QED) is 0.270. The summed E-state index contributed by atoms with van der Waals surface area (Å²) in [4.78, 5) is 0. The molecular formula is C3H8O7SZn. The van der Waals surface area contributed by atoms with Crippen molar-refractivity contribution in [3.8, 4) is 0 Å². The van der Waals surface area contributed by atoms with Crippen molar-refractivity contribution in [3.05, 3.63) is 0 Å². The average molecular weight is 254 g/mol. The molecule has 0 aromatic heterocycles. The molecule has 0 aliphatic heterocycles. The van der Waals surface area contributed by atoms with Gasteiger partial charge in [0, 0.05) is 10.4 Å². The van der Waals surface area contributed by atoms with Crippen molar-refractivity contribution in [2.45, 2.75) is 6.10 Å². The van der Waals surface area contributed by atoms with Gasteiger partial charge >= 0.3 is 19.5 Å². The van der Waals surface area contributed by atoms with Crippen molar-refractivity contribution in [2.75, 3.05) is 13.2 Å². The summed E-state index contributed by atoms with van der Waals surface area (Å²) >= 11 is 0. The van der Waals surface area contributed by atoms with Crippen molar-refractivity contribution >= 4 is 10.4 Å². The molecule has 0 aliphatic carbocycles. The molecule has 0 aromatic carbocycles. The van der Waals surface area contributed by atoms with Crippen LogP contribution in [0.2, 0.25) is 0 Å². The molecule has 0 aromatic rings. The molecule has 70 valence electrons. The van der Waals surface area contributed by atoms with Gasteiger partial charge in [-0.3, -0.25) is 8.42 Å². The Labute approximate surface area is 82.4 Å². The first-order chi connectivity index (χ1) is 4.81. The van der Waals surface area contributed by atoms with Crippen LogP contribution in [0.4, 0.5) is 0 Å². The molecule has 12 heavy (non-hydrogen) atoms. The van der Waals surface area contributed by atoms with Crippen LogP contribution in [0.25, 0.3) is 0 Å². The van der Waals surface area contributed by atoms with E-state index in [1.165, 1.54) is 0 Å². The monoisotopic (exact) mass is 252 g/mol. The Hall–Kier alpha value is 0.373. The zero-order chi connectivity index (χ0) is 9.49. The molecule has 0 unspecified atom stereocenters. The zero-order valence-electron chi connectivity index (χ0n) is 6.08. The van der Waals surface area contributed by atoms with Crippen LogP contribution in [0.5, 0.6) is 0 Å². The maximum atomic E-state index is 8.52. The second-order valence-electron chi connectivity index (χ2n) is 1.43. The van der Waals surface area contributed by atoms with Gasteiger partial charge in [-0.2, -0.15) is 0 Å². The zero-order valence-corrected chi connectivity index (χ0v) is 9.87. The molecule has 9 heteroatoms. The molecule has 7 nitrogen and oxygen atoms in total. The molecule has 3 N–H and O–H groups in total. The van der Waals surface area contributed by atoms with Crippen LogP contribution < -0.4 is 0 Å². The van der Waals surface area contributed by atoms with Gasteiger partial charge in [0.25, 0.3) is 0 Å². The molecule has 0 bridgehead atoms. The van der Waals surface area contributed by atoms with Gasteiger partial charge in [0.1, 0.15) is 6.10 Å². The minimum Gasteiger partial charge on any atom is -0.759 e. The molecule has 0 rings (SSSR count). The SMILES string of the molecule is O=S(=O)([O-])[O-].OCC(O)CO.[Zn+2]. The van der Waals surface area contributed by atoms with E-state index >= 15 is 0 Å². The largest absolute Gasteiger partial charge is 2.00 e. The number of hydrogen-bond donors (Lipinski definition) is 3. The molecule has 0 aliphatic rings. The van der Waals surface area contributed by atoms with E-state index in [0.29, 0.717) is 0 Å². The van der Waals surface area contributed by atoms with Crippen LogP contribution in [-0.4, -0.2) is 52.2 Å². The van der Waals surface area contributed by atoms with Crippen molar-refractivity contribution in [3.63, 3.8) is 0 Å². The Morgan fingerprint density at radius 3 is 1.33 bits per heavy atom. The second-order valence-corrected chi connectivity index (χ2v) is 2.24. The summed E-state index contributed by atoms with van der Waals surface area (Å²) in [5, 5.41) is 24.0. The molecule has 0 radical (unpaired) electrons. The first-order valence-electron chi connectivity index (χ1n) is 2.37. The normalized spacial score (nSPS) is 9.83. The van der Waals surface area contributed by atoms with Crippen LogP contribution in [-0.2, 0) is 29.9 Å². The van der Waals surface area contributed by atoms with E-state index in [2.05, 4.69) is 0 Å². The third-order valence-corrected chi connectivity index (χ3v) is 0.421.